The summed E-state index contributed by atoms with van der Waals surface area (Å²) in [6.07, 6.45) is 1.99. The van der Waals surface area contributed by atoms with Crippen LogP contribution in [0, 0.1) is 0 Å². The van der Waals surface area contributed by atoms with Crippen molar-refractivity contribution in [3.05, 3.63) is 29.3 Å². The van der Waals surface area contributed by atoms with Gasteiger partial charge in [-0.2, -0.15) is 0 Å². The molecule has 2 rings (SSSR count). The molecule has 1 aliphatic rings. The van der Waals surface area contributed by atoms with E-state index in [2.05, 4.69) is 0 Å². The first kappa shape index (κ1) is 15.1. The summed E-state index contributed by atoms with van der Waals surface area (Å²) in [6.45, 7) is 3.23. The maximum absolute atomic E-state index is 11.9. The molecular weight excluding hydrogens is 278 g/mol. The summed E-state index contributed by atoms with van der Waals surface area (Å²) < 4.78 is 5.48. The zero-order chi connectivity index (χ0) is 14.6. The molecule has 0 radical (unpaired) electrons. The molecule has 1 amide bonds. The summed E-state index contributed by atoms with van der Waals surface area (Å²) in [5.74, 6) is 0.684. The van der Waals surface area contributed by atoms with Gasteiger partial charge in [-0.05, 0) is 24.6 Å². The smallest absolute Gasteiger partial charge is 0.226 e. The number of nitrogens with zero attached hydrogens (tertiary/aromatic N) is 1. The van der Waals surface area contributed by atoms with E-state index in [9.17, 15) is 9.90 Å². The number of benzene rings is 1. The molecule has 20 heavy (non-hydrogen) atoms. The largest absolute Gasteiger partial charge is 0.493 e. The lowest BCUT2D eigenvalue weighted by Gasteiger charge is -2.46. The Labute approximate surface area is 124 Å². The topological polar surface area (TPSA) is 49.8 Å². The molecule has 110 valence electrons. The van der Waals surface area contributed by atoms with Gasteiger partial charge in [-0.1, -0.05) is 31.0 Å². The van der Waals surface area contributed by atoms with Gasteiger partial charge in [0.25, 0.3) is 0 Å². The van der Waals surface area contributed by atoms with E-state index >= 15 is 0 Å². The molecule has 1 aromatic rings. The minimum absolute atomic E-state index is 0.0211. The Balaban J connectivity index is 1.69. The van der Waals surface area contributed by atoms with Crippen LogP contribution in [0.4, 0.5) is 0 Å². The van der Waals surface area contributed by atoms with Crippen molar-refractivity contribution in [2.24, 2.45) is 0 Å². The van der Waals surface area contributed by atoms with Crippen molar-refractivity contribution in [2.45, 2.75) is 31.8 Å². The molecule has 0 saturated carbocycles. The van der Waals surface area contributed by atoms with Gasteiger partial charge in [0.15, 0.2) is 0 Å². The molecule has 0 bridgehead atoms. The molecule has 0 unspecified atom stereocenters. The summed E-state index contributed by atoms with van der Waals surface area (Å²) in [5.41, 5.74) is -0.668. The fourth-order valence-corrected chi connectivity index (χ4v) is 2.62. The van der Waals surface area contributed by atoms with E-state index in [-0.39, 0.29) is 5.91 Å². The maximum Gasteiger partial charge on any atom is 0.226 e. The summed E-state index contributed by atoms with van der Waals surface area (Å²) in [4.78, 5) is 13.6. The zero-order valence-corrected chi connectivity index (χ0v) is 12.4. The van der Waals surface area contributed by atoms with Crippen molar-refractivity contribution < 1.29 is 14.6 Å². The minimum Gasteiger partial charge on any atom is -0.493 e. The van der Waals surface area contributed by atoms with Crippen molar-refractivity contribution in [1.29, 1.82) is 0 Å². The Morgan fingerprint density at radius 1 is 1.50 bits per heavy atom. The lowest BCUT2D eigenvalue weighted by Crippen LogP contribution is -2.63. The zero-order valence-electron chi connectivity index (χ0n) is 11.6. The molecule has 1 N–H and O–H groups in total. The van der Waals surface area contributed by atoms with Crippen LogP contribution in [0.25, 0.3) is 0 Å². The van der Waals surface area contributed by atoms with Gasteiger partial charge in [-0.25, -0.2) is 0 Å². The number of rotatable bonds is 6. The first-order chi connectivity index (χ1) is 9.52. The lowest BCUT2D eigenvalue weighted by atomic mass is 9.89. The van der Waals surface area contributed by atoms with Crippen LogP contribution < -0.4 is 4.74 Å². The van der Waals surface area contributed by atoms with E-state index in [4.69, 9.17) is 16.3 Å². The summed E-state index contributed by atoms with van der Waals surface area (Å²) >= 11 is 5.85. The van der Waals surface area contributed by atoms with E-state index in [0.29, 0.717) is 36.9 Å². The van der Waals surface area contributed by atoms with Crippen LogP contribution in [0.5, 0.6) is 5.75 Å². The Morgan fingerprint density at radius 3 is 2.90 bits per heavy atom. The Hall–Kier alpha value is -1.26. The third-order valence-corrected chi connectivity index (χ3v) is 3.65. The molecular formula is C15H20ClNO3. The Kier molecular flexibility index (Phi) is 4.89. The molecule has 0 spiro atoms. The second-order valence-electron chi connectivity index (χ2n) is 5.28. The third kappa shape index (κ3) is 3.87. The van der Waals surface area contributed by atoms with Crippen molar-refractivity contribution in [1.82, 2.24) is 4.90 Å². The molecule has 4 nitrogen and oxygen atoms in total. The third-order valence-electron chi connectivity index (χ3n) is 3.42. The van der Waals surface area contributed by atoms with E-state index in [1.54, 1.807) is 29.2 Å². The number of hydrogen-bond donors (Lipinski definition) is 1. The Bertz CT molecular complexity index is 472. The van der Waals surface area contributed by atoms with Crippen LogP contribution in [-0.4, -0.2) is 41.2 Å². The molecule has 1 fully saturated rings. The molecule has 1 heterocycles. The minimum atomic E-state index is -0.668. The molecule has 0 aliphatic carbocycles. The lowest BCUT2D eigenvalue weighted by molar-refractivity contribution is -0.157. The molecule has 1 aromatic carbocycles. The van der Waals surface area contributed by atoms with Crippen LogP contribution >= 0.6 is 11.6 Å². The second-order valence-corrected chi connectivity index (χ2v) is 5.72. The quantitative estimate of drug-likeness (QED) is 0.877. The number of amides is 1. The maximum atomic E-state index is 11.9. The van der Waals surface area contributed by atoms with Crippen LogP contribution in [0.15, 0.2) is 24.3 Å². The number of carbonyl (C=O) groups excluding carboxylic acids is 1. The number of β-amino-alcohol motifs (C(OH)–C–C–N with tert-alkyl or cyclic N) is 1. The summed E-state index contributed by atoms with van der Waals surface area (Å²) in [6, 6.07) is 7.10. The highest BCUT2D eigenvalue weighted by Crippen LogP contribution is 2.26. The predicted molar refractivity (Wildman–Crippen MR) is 78.0 cm³/mol. The number of carbonyl (C=O) groups is 1. The van der Waals surface area contributed by atoms with Crippen molar-refractivity contribution in [3.63, 3.8) is 0 Å². The monoisotopic (exact) mass is 297 g/mol. The number of likely N-dealkylation sites (tertiary alicyclic amines) is 1. The van der Waals surface area contributed by atoms with E-state index in [1.165, 1.54) is 0 Å². The summed E-state index contributed by atoms with van der Waals surface area (Å²) in [7, 11) is 0. The van der Waals surface area contributed by atoms with Crippen molar-refractivity contribution in [3.8, 4) is 5.75 Å². The van der Waals surface area contributed by atoms with E-state index in [1.807, 2.05) is 6.92 Å². The van der Waals surface area contributed by atoms with Crippen molar-refractivity contribution in [2.75, 3.05) is 19.7 Å². The highest BCUT2D eigenvalue weighted by atomic mass is 35.5. The molecule has 1 saturated heterocycles. The highest BCUT2D eigenvalue weighted by Gasteiger charge is 2.42. The first-order valence-electron chi connectivity index (χ1n) is 6.91. The molecule has 1 aliphatic heterocycles. The van der Waals surface area contributed by atoms with Gasteiger partial charge in [0, 0.05) is 5.02 Å². The Morgan fingerprint density at radius 2 is 2.25 bits per heavy atom. The van der Waals surface area contributed by atoms with Gasteiger partial charge in [0.05, 0.1) is 31.7 Å². The predicted octanol–water partition coefficient (Wildman–Crippen LogP) is 2.48. The average molecular weight is 298 g/mol. The fourth-order valence-electron chi connectivity index (χ4n) is 2.44. The van der Waals surface area contributed by atoms with Crippen LogP contribution in [-0.2, 0) is 4.79 Å². The summed E-state index contributed by atoms with van der Waals surface area (Å²) in [5, 5.41) is 10.6. The van der Waals surface area contributed by atoms with E-state index < -0.39 is 5.60 Å². The molecule has 5 heteroatoms. The normalized spacial score (nSPS) is 16.6. The number of halogens is 1. The second kappa shape index (κ2) is 6.46. The van der Waals surface area contributed by atoms with E-state index in [0.717, 1.165) is 12.8 Å². The van der Waals surface area contributed by atoms with Crippen LogP contribution in [0.3, 0.4) is 0 Å². The van der Waals surface area contributed by atoms with Crippen LogP contribution in [0.2, 0.25) is 5.02 Å². The van der Waals surface area contributed by atoms with Gasteiger partial charge in [0.1, 0.15) is 5.75 Å². The van der Waals surface area contributed by atoms with Crippen LogP contribution in [0.1, 0.15) is 26.2 Å². The number of ether oxygens (including phenoxy) is 1. The van der Waals surface area contributed by atoms with Crippen molar-refractivity contribution >= 4 is 17.5 Å². The average Bonchev–Trinajstić information content (AvgIpc) is 2.36. The number of aliphatic hydroxyl groups is 1. The standard InChI is InChI=1S/C15H20ClNO3/c1-2-7-15(19)10-17(11-15)14(18)6-8-20-13-5-3-4-12(16)9-13/h3-5,9,19H,2,6-8,10-11H2,1H3. The highest BCUT2D eigenvalue weighted by molar-refractivity contribution is 6.30. The molecule has 0 aromatic heterocycles. The van der Waals surface area contributed by atoms with Gasteiger partial charge in [-0.15, -0.1) is 0 Å². The van der Waals surface area contributed by atoms with Gasteiger partial charge < -0.3 is 14.7 Å². The fraction of sp³-hybridized carbons (Fsp3) is 0.533. The van der Waals surface area contributed by atoms with Gasteiger partial charge >= 0.3 is 0 Å². The molecule has 0 atom stereocenters. The SMILES string of the molecule is CCCC1(O)CN(C(=O)CCOc2cccc(Cl)c2)C1. The number of hydrogen-bond acceptors (Lipinski definition) is 3. The van der Waals surface area contributed by atoms with Gasteiger partial charge in [-0.3, -0.25) is 4.79 Å². The first-order valence-corrected chi connectivity index (χ1v) is 7.29. The van der Waals surface area contributed by atoms with Gasteiger partial charge in [0.2, 0.25) is 5.91 Å².